The summed E-state index contributed by atoms with van der Waals surface area (Å²) >= 11 is 0. The summed E-state index contributed by atoms with van der Waals surface area (Å²) in [6.45, 7) is 13.2. The summed E-state index contributed by atoms with van der Waals surface area (Å²) in [5.41, 5.74) is -0.389. The van der Waals surface area contributed by atoms with Gasteiger partial charge in [0.25, 0.3) is 0 Å². The maximum Gasteiger partial charge on any atom is 0.336 e. The fourth-order valence-corrected chi connectivity index (χ4v) is 5.42. The molecule has 2 aromatic rings. The van der Waals surface area contributed by atoms with E-state index < -0.39 is 36.4 Å². The number of ether oxygens (including phenoxy) is 1. The maximum absolute atomic E-state index is 10.3. The zero-order chi connectivity index (χ0) is 31.7. The van der Waals surface area contributed by atoms with E-state index in [9.17, 15) is 19.5 Å². The van der Waals surface area contributed by atoms with Crippen LogP contribution in [0.2, 0.25) is 0 Å². The second kappa shape index (κ2) is 14.4. The number of hydrogen-bond acceptors (Lipinski definition) is 9. The molecule has 0 amide bonds. The van der Waals surface area contributed by atoms with Gasteiger partial charge in [0.1, 0.15) is 0 Å². The zero-order valence-electron chi connectivity index (χ0n) is 24.8. The monoisotopic (exact) mass is 589 g/mol. The lowest BCUT2D eigenvalue weighted by atomic mass is 9.79. The molecule has 6 N–H and O–H groups in total. The quantitative estimate of drug-likeness (QED) is 0.212. The molecule has 0 unspecified atom stereocenters. The van der Waals surface area contributed by atoms with Crippen molar-refractivity contribution in [2.24, 2.45) is 0 Å². The van der Waals surface area contributed by atoms with E-state index in [1.165, 1.54) is 0 Å². The van der Waals surface area contributed by atoms with Crippen molar-refractivity contribution in [3.8, 4) is 11.5 Å². The van der Waals surface area contributed by atoms with E-state index in [4.69, 9.17) is 25.2 Å². The molecule has 3 rings (SSSR count). The molecule has 0 spiro atoms. The molecule has 12 heteroatoms. The Morgan fingerprint density at radius 3 is 2.07 bits per heavy atom. The number of nitrogens with one attached hydrogen (secondary N) is 1. The minimum atomic E-state index is -2.74. The Hall–Kier alpha value is -3.74. The molecule has 1 aliphatic rings. The molecule has 1 fully saturated rings. The molecule has 1 aromatic carbocycles. The highest BCUT2D eigenvalue weighted by molar-refractivity contribution is 5.88. The standard InChI is InChI=1S/C24H35N3O2.C6H8O7/c1-6-29-22-13-18(10-11-21(22)28)16-27(17-19-9-7-8-12-25-19)20-14-23(2,3)26-24(4,5)15-20;7-3(8)1-6(13,5(11)12)2-4(9)10/h7-13,20,26,28H,6,14-17H2,1-5H3;13H,1-2H2,(H,7,8)(H,9,10)(H,11,12). The normalized spacial score (nSPS) is 16.3. The molecule has 1 aromatic heterocycles. The number of aliphatic carboxylic acids is 3. The van der Waals surface area contributed by atoms with Gasteiger partial charge in [-0.3, -0.25) is 19.5 Å². The van der Waals surface area contributed by atoms with E-state index in [0.717, 1.165) is 37.2 Å². The molecule has 12 nitrogen and oxygen atoms in total. The molecule has 0 saturated carbocycles. The highest BCUT2D eigenvalue weighted by Crippen LogP contribution is 2.34. The van der Waals surface area contributed by atoms with Gasteiger partial charge in [-0.1, -0.05) is 12.1 Å². The predicted octanol–water partition coefficient (Wildman–Crippen LogP) is 3.25. The van der Waals surface area contributed by atoms with E-state index in [-0.39, 0.29) is 16.8 Å². The van der Waals surface area contributed by atoms with Crippen LogP contribution < -0.4 is 10.1 Å². The molecule has 1 aliphatic heterocycles. The second-order valence-corrected chi connectivity index (χ2v) is 11.9. The number of benzene rings is 1. The number of hydrogen-bond donors (Lipinski definition) is 6. The van der Waals surface area contributed by atoms with Crippen LogP contribution in [0.15, 0.2) is 42.6 Å². The van der Waals surface area contributed by atoms with Gasteiger partial charge in [0.15, 0.2) is 17.1 Å². The number of phenols is 1. The first kappa shape index (κ1) is 34.5. The van der Waals surface area contributed by atoms with Crippen molar-refractivity contribution in [2.75, 3.05) is 6.61 Å². The van der Waals surface area contributed by atoms with Crippen LogP contribution in [0.1, 0.15) is 71.6 Å². The van der Waals surface area contributed by atoms with Gasteiger partial charge in [-0.15, -0.1) is 0 Å². The summed E-state index contributed by atoms with van der Waals surface area (Å²) in [4.78, 5) is 37.6. The summed E-state index contributed by atoms with van der Waals surface area (Å²) in [6.07, 6.45) is 1.71. The number of aromatic nitrogens is 1. The first-order valence-corrected chi connectivity index (χ1v) is 13.7. The fourth-order valence-electron chi connectivity index (χ4n) is 5.42. The summed E-state index contributed by atoms with van der Waals surface area (Å²) < 4.78 is 5.60. The van der Waals surface area contributed by atoms with Crippen LogP contribution >= 0.6 is 0 Å². The smallest absolute Gasteiger partial charge is 0.336 e. The molecule has 1 saturated heterocycles. The lowest BCUT2D eigenvalue weighted by Gasteiger charge is -2.49. The molecule has 0 aliphatic carbocycles. The Balaban J connectivity index is 0.000000401. The van der Waals surface area contributed by atoms with E-state index >= 15 is 0 Å². The average Bonchev–Trinajstić information content (AvgIpc) is 2.84. The van der Waals surface area contributed by atoms with Gasteiger partial charge in [-0.05, 0) is 77.3 Å². The number of pyridine rings is 1. The van der Waals surface area contributed by atoms with E-state index in [2.05, 4.69) is 49.0 Å². The van der Waals surface area contributed by atoms with Gasteiger partial charge in [-0.2, -0.15) is 0 Å². The number of phenolic OH excluding ortho intramolecular Hbond substituents is 1. The summed E-state index contributed by atoms with van der Waals surface area (Å²) in [5, 5.41) is 47.7. The van der Waals surface area contributed by atoms with Crippen LogP contribution in [-0.2, 0) is 27.5 Å². The average molecular weight is 590 g/mol. The van der Waals surface area contributed by atoms with Crippen molar-refractivity contribution < 1.29 is 44.7 Å². The lowest BCUT2D eigenvalue weighted by Crippen LogP contribution is -2.62. The number of carboxylic acid groups (broad SMARTS) is 3. The fraction of sp³-hybridized carbons (Fsp3) is 0.533. The molecule has 0 radical (unpaired) electrons. The lowest BCUT2D eigenvalue weighted by molar-refractivity contribution is -0.170. The number of aromatic hydroxyl groups is 1. The first-order chi connectivity index (χ1) is 19.4. The van der Waals surface area contributed by atoms with Gasteiger partial charge in [-0.25, -0.2) is 4.79 Å². The van der Waals surface area contributed by atoms with Crippen molar-refractivity contribution in [1.82, 2.24) is 15.2 Å². The molecule has 42 heavy (non-hydrogen) atoms. The van der Waals surface area contributed by atoms with Crippen molar-refractivity contribution >= 4 is 17.9 Å². The molecule has 0 atom stereocenters. The van der Waals surface area contributed by atoms with E-state index in [0.29, 0.717) is 18.4 Å². The molecular formula is C30H43N3O9. The maximum atomic E-state index is 10.3. The van der Waals surface area contributed by atoms with Crippen molar-refractivity contribution in [2.45, 2.75) is 96.1 Å². The van der Waals surface area contributed by atoms with Crippen LogP contribution in [0.3, 0.4) is 0 Å². The van der Waals surface area contributed by atoms with Crippen LogP contribution in [0.4, 0.5) is 0 Å². The third-order valence-corrected chi connectivity index (χ3v) is 6.77. The van der Waals surface area contributed by atoms with Gasteiger partial charge in [0, 0.05) is 36.4 Å². The number of carbonyl (C=O) groups is 3. The topological polar surface area (TPSA) is 190 Å². The van der Waals surface area contributed by atoms with Gasteiger partial charge >= 0.3 is 17.9 Å². The van der Waals surface area contributed by atoms with Gasteiger partial charge in [0.2, 0.25) is 0 Å². The number of aliphatic hydroxyl groups is 1. The zero-order valence-corrected chi connectivity index (χ0v) is 24.8. The molecule has 232 valence electrons. The number of rotatable bonds is 12. The van der Waals surface area contributed by atoms with Crippen molar-refractivity contribution in [1.29, 1.82) is 0 Å². The minimum Gasteiger partial charge on any atom is -0.504 e. The molecular weight excluding hydrogens is 546 g/mol. The van der Waals surface area contributed by atoms with Crippen molar-refractivity contribution in [3.05, 3.63) is 53.9 Å². The molecule has 2 heterocycles. The van der Waals surface area contributed by atoms with Crippen LogP contribution in [0.5, 0.6) is 11.5 Å². The number of piperidine rings is 1. The number of carboxylic acids is 3. The number of nitrogens with zero attached hydrogens (tertiary/aromatic N) is 2. The minimum absolute atomic E-state index is 0.0697. The highest BCUT2D eigenvalue weighted by Gasteiger charge is 2.41. The third-order valence-electron chi connectivity index (χ3n) is 6.77. The summed E-state index contributed by atoms with van der Waals surface area (Å²) in [5.74, 6) is -4.28. The Labute approximate surface area is 246 Å². The predicted molar refractivity (Wildman–Crippen MR) is 154 cm³/mol. The Kier molecular flexibility index (Phi) is 11.8. The molecule has 0 bridgehead atoms. The SMILES string of the molecule is CCOc1cc(CN(Cc2ccccn2)C2CC(C)(C)NC(C)(C)C2)ccc1O.O=C(O)CC(O)(CC(=O)O)C(=O)O. The van der Waals surface area contributed by atoms with E-state index in [1.54, 1.807) is 6.07 Å². The first-order valence-electron chi connectivity index (χ1n) is 13.7. The van der Waals surface area contributed by atoms with Crippen LogP contribution in [0, 0.1) is 0 Å². The van der Waals surface area contributed by atoms with Gasteiger partial charge in [0.05, 0.1) is 25.1 Å². The van der Waals surface area contributed by atoms with Crippen LogP contribution in [-0.4, -0.2) is 82.7 Å². The second-order valence-electron chi connectivity index (χ2n) is 11.9. The Bertz CT molecular complexity index is 1190. The Morgan fingerprint density at radius 1 is 1.00 bits per heavy atom. The van der Waals surface area contributed by atoms with Gasteiger partial charge < -0.3 is 35.6 Å². The largest absolute Gasteiger partial charge is 0.504 e. The van der Waals surface area contributed by atoms with Crippen molar-refractivity contribution in [3.63, 3.8) is 0 Å². The third kappa shape index (κ3) is 10.9. The van der Waals surface area contributed by atoms with E-state index in [1.807, 2.05) is 37.4 Å². The summed E-state index contributed by atoms with van der Waals surface area (Å²) in [7, 11) is 0. The Morgan fingerprint density at radius 2 is 1.60 bits per heavy atom. The summed E-state index contributed by atoms with van der Waals surface area (Å²) in [6, 6.07) is 12.2. The highest BCUT2D eigenvalue weighted by atomic mass is 16.5. The van der Waals surface area contributed by atoms with Crippen LogP contribution in [0.25, 0.3) is 0 Å².